The molecule has 2 aliphatic heterocycles. The van der Waals surface area contributed by atoms with Gasteiger partial charge in [-0.25, -0.2) is 4.79 Å². The number of aliphatic hydroxyl groups is 1. The first-order valence-corrected chi connectivity index (χ1v) is 6.93. The normalized spacial score (nSPS) is 30.3. The second kappa shape index (κ2) is 5.46. The molecule has 2 aliphatic rings. The van der Waals surface area contributed by atoms with Crippen LogP contribution in [-0.4, -0.2) is 58.8 Å². The first kappa shape index (κ1) is 14.3. The molecule has 2 heterocycles. The number of carbonyl (C=O) groups excluding carboxylic acids is 1. The summed E-state index contributed by atoms with van der Waals surface area (Å²) in [5.74, 6) is -1.12. The maximum absolute atomic E-state index is 12.7. The van der Waals surface area contributed by atoms with Gasteiger partial charge in [-0.2, -0.15) is 0 Å². The lowest BCUT2D eigenvalue weighted by molar-refractivity contribution is -0.154. The van der Waals surface area contributed by atoms with Crippen LogP contribution < -0.4 is 5.32 Å². The van der Waals surface area contributed by atoms with Crippen molar-refractivity contribution >= 4 is 11.9 Å². The highest BCUT2D eigenvalue weighted by Gasteiger charge is 2.47. The van der Waals surface area contributed by atoms with Crippen molar-refractivity contribution in [3.63, 3.8) is 0 Å². The van der Waals surface area contributed by atoms with E-state index in [0.29, 0.717) is 6.42 Å². The highest BCUT2D eigenvalue weighted by Crippen LogP contribution is 2.37. The number of carbonyl (C=O) groups is 2. The molecular weight excluding hydrogens is 248 g/mol. The minimum Gasteiger partial charge on any atom is -0.480 e. The minimum absolute atomic E-state index is 0.0968. The van der Waals surface area contributed by atoms with E-state index in [4.69, 9.17) is 0 Å². The molecule has 3 N–H and O–H groups in total. The third-order valence-electron chi connectivity index (χ3n) is 4.52. The summed E-state index contributed by atoms with van der Waals surface area (Å²) in [7, 11) is 0. The van der Waals surface area contributed by atoms with Gasteiger partial charge in [-0.05, 0) is 32.4 Å². The van der Waals surface area contributed by atoms with Gasteiger partial charge in [-0.1, -0.05) is 6.92 Å². The quantitative estimate of drug-likeness (QED) is 0.661. The number of aliphatic hydroxyl groups excluding tert-OH is 1. The summed E-state index contributed by atoms with van der Waals surface area (Å²) < 4.78 is 0. The molecule has 2 rings (SSSR count). The molecule has 6 nitrogen and oxygen atoms in total. The van der Waals surface area contributed by atoms with Crippen molar-refractivity contribution in [1.82, 2.24) is 10.2 Å². The zero-order chi connectivity index (χ0) is 14.0. The van der Waals surface area contributed by atoms with Crippen molar-refractivity contribution in [3.8, 4) is 0 Å². The molecule has 19 heavy (non-hydrogen) atoms. The van der Waals surface area contributed by atoms with Crippen LogP contribution in [0.3, 0.4) is 0 Å². The number of aliphatic carboxylic acids is 1. The highest BCUT2D eigenvalue weighted by atomic mass is 16.4. The van der Waals surface area contributed by atoms with Gasteiger partial charge in [-0.3, -0.25) is 4.79 Å². The molecule has 2 fully saturated rings. The number of amides is 1. The Morgan fingerprint density at radius 1 is 1.37 bits per heavy atom. The smallest absolute Gasteiger partial charge is 0.326 e. The van der Waals surface area contributed by atoms with Crippen LogP contribution in [-0.2, 0) is 9.59 Å². The average molecular weight is 270 g/mol. The van der Waals surface area contributed by atoms with Crippen LogP contribution in [0.25, 0.3) is 0 Å². The Kier molecular flexibility index (Phi) is 4.10. The van der Waals surface area contributed by atoms with Crippen LogP contribution in [0, 0.1) is 5.41 Å². The lowest BCUT2D eigenvalue weighted by Crippen LogP contribution is -2.52. The zero-order valence-corrected chi connectivity index (χ0v) is 11.3. The fourth-order valence-corrected chi connectivity index (χ4v) is 3.20. The molecule has 2 saturated heterocycles. The number of β-amino-alcohol motifs (C(OH)–C–C–N with tert-alkyl or cyclic N) is 1. The number of rotatable bonds is 3. The van der Waals surface area contributed by atoms with Gasteiger partial charge < -0.3 is 20.4 Å². The van der Waals surface area contributed by atoms with E-state index in [1.807, 2.05) is 6.92 Å². The van der Waals surface area contributed by atoms with Gasteiger partial charge in [0.15, 0.2) is 0 Å². The number of carboxylic acid groups (broad SMARTS) is 1. The Hall–Kier alpha value is -1.14. The molecule has 0 bridgehead atoms. The monoisotopic (exact) mass is 270 g/mol. The summed E-state index contributed by atoms with van der Waals surface area (Å²) in [6.07, 6.45) is 1.61. The summed E-state index contributed by atoms with van der Waals surface area (Å²) in [6, 6.07) is -0.874. The lowest BCUT2D eigenvalue weighted by Gasteiger charge is -2.39. The molecule has 0 aromatic rings. The molecule has 0 aliphatic carbocycles. The number of hydrogen-bond acceptors (Lipinski definition) is 4. The number of nitrogens with zero attached hydrogens (tertiary/aromatic N) is 1. The Bertz CT molecular complexity index is 366. The number of carboxylic acids is 1. The summed E-state index contributed by atoms with van der Waals surface area (Å²) in [5, 5.41) is 22.1. The van der Waals surface area contributed by atoms with Crippen molar-refractivity contribution < 1.29 is 19.8 Å². The molecule has 1 amide bonds. The van der Waals surface area contributed by atoms with Gasteiger partial charge in [0, 0.05) is 13.0 Å². The third-order valence-corrected chi connectivity index (χ3v) is 4.52. The summed E-state index contributed by atoms with van der Waals surface area (Å²) in [5.41, 5.74) is -0.455. The molecule has 0 spiro atoms. The molecule has 0 aromatic carbocycles. The molecule has 2 atom stereocenters. The first-order chi connectivity index (χ1) is 9.00. The van der Waals surface area contributed by atoms with Crippen LogP contribution in [0.2, 0.25) is 0 Å². The van der Waals surface area contributed by atoms with E-state index in [9.17, 15) is 19.8 Å². The SMILES string of the molecule is CCC1(C(=O)N2C[C@H](O)C[C@H]2C(=O)O)CCNCC1. The fraction of sp³-hybridized carbons (Fsp3) is 0.846. The van der Waals surface area contributed by atoms with E-state index in [1.54, 1.807) is 0 Å². The number of hydrogen-bond donors (Lipinski definition) is 3. The molecular formula is C13H22N2O4. The van der Waals surface area contributed by atoms with E-state index >= 15 is 0 Å². The largest absolute Gasteiger partial charge is 0.480 e. The molecule has 0 unspecified atom stereocenters. The van der Waals surface area contributed by atoms with Gasteiger partial charge in [0.25, 0.3) is 0 Å². The van der Waals surface area contributed by atoms with Gasteiger partial charge >= 0.3 is 5.97 Å². The second-order valence-corrected chi connectivity index (χ2v) is 5.58. The van der Waals surface area contributed by atoms with Crippen molar-refractivity contribution in [2.24, 2.45) is 5.41 Å². The van der Waals surface area contributed by atoms with Crippen LogP contribution in [0.4, 0.5) is 0 Å². The van der Waals surface area contributed by atoms with Gasteiger partial charge in [0.05, 0.1) is 11.5 Å². The Labute approximate surface area is 112 Å². The van der Waals surface area contributed by atoms with Crippen molar-refractivity contribution in [3.05, 3.63) is 0 Å². The van der Waals surface area contributed by atoms with Crippen molar-refractivity contribution in [2.75, 3.05) is 19.6 Å². The van der Waals surface area contributed by atoms with Crippen LogP contribution in [0.15, 0.2) is 0 Å². The van der Waals surface area contributed by atoms with E-state index in [-0.39, 0.29) is 18.9 Å². The minimum atomic E-state index is -1.02. The number of nitrogens with one attached hydrogen (secondary N) is 1. The Morgan fingerprint density at radius 2 is 2.00 bits per heavy atom. The maximum Gasteiger partial charge on any atom is 0.326 e. The lowest BCUT2D eigenvalue weighted by atomic mass is 9.75. The van der Waals surface area contributed by atoms with Gasteiger partial charge in [0.2, 0.25) is 5.91 Å². The molecule has 0 aromatic heterocycles. The summed E-state index contributed by atoms with van der Waals surface area (Å²) in [4.78, 5) is 25.3. The molecule has 0 radical (unpaired) electrons. The van der Waals surface area contributed by atoms with E-state index < -0.39 is 23.5 Å². The summed E-state index contributed by atoms with van der Waals surface area (Å²) >= 11 is 0. The van der Waals surface area contributed by atoms with Crippen molar-refractivity contribution in [1.29, 1.82) is 0 Å². The standard InChI is InChI=1S/C13H22N2O4/c1-2-13(3-5-14-6-4-13)12(19)15-8-9(16)7-10(15)11(17)18/h9-10,14,16H,2-8H2,1H3,(H,17,18)/t9-,10+/m1/s1. The topological polar surface area (TPSA) is 89.9 Å². The highest BCUT2D eigenvalue weighted by molar-refractivity contribution is 5.88. The predicted molar refractivity (Wildman–Crippen MR) is 68.6 cm³/mol. The molecule has 108 valence electrons. The molecule has 6 heteroatoms. The van der Waals surface area contributed by atoms with Crippen LogP contribution in [0.5, 0.6) is 0 Å². The van der Waals surface area contributed by atoms with Crippen LogP contribution in [0.1, 0.15) is 32.6 Å². The maximum atomic E-state index is 12.7. The zero-order valence-electron chi connectivity index (χ0n) is 11.3. The van der Waals surface area contributed by atoms with E-state index in [0.717, 1.165) is 25.9 Å². The van der Waals surface area contributed by atoms with E-state index in [1.165, 1.54) is 4.90 Å². The third kappa shape index (κ3) is 2.60. The van der Waals surface area contributed by atoms with Crippen molar-refractivity contribution in [2.45, 2.75) is 44.8 Å². The number of piperidine rings is 1. The van der Waals surface area contributed by atoms with Gasteiger partial charge in [0.1, 0.15) is 6.04 Å². The Morgan fingerprint density at radius 3 is 2.53 bits per heavy atom. The Balaban J connectivity index is 2.19. The number of likely N-dealkylation sites (tertiary alicyclic amines) is 1. The van der Waals surface area contributed by atoms with E-state index in [2.05, 4.69) is 5.32 Å². The van der Waals surface area contributed by atoms with Crippen LogP contribution >= 0.6 is 0 Å². The summed E-state index contributed by atoms with van der Waals surface area (Å²) in [6.45, 7) is 3.69. The molecule has 0 saturated carbocycles. The first-order valence-electron chi connectivity index (χ1n) is 6.93. The average Bonchev–Trinajstić information content (AvgIpc) is 2.81. The fourth-order valence-electron chi connectivity index (χ4n) is 3.20. The van der Waals surface area contributed by atoms with Gasteiger partial charge in [-0.15, -0.1) is 0 Å². The second-order valence-electron chi connectivity index (χ2n) is 5.58. The predicted octanol–water partition coefficient (Wildman–Crippen LogP) is -0.187.